The van der Waals surface area contributed by atoms with E-state index in [1.807, 2.05) is 18.2 Å². The number of methoxy groups -OCH3 is 1. The average molecular weight is 383 g/mol. The molecule has 148 valence electrons. The maximum Gasteiger partial charge on any atom is 0.231 e. The summed E-state index contributed by atoms with van der Waals surface area (Å²) in [7, 11) is 1.69. The molecule has 5 rings (SSSR count). The van der Waals surface area contributed by atoms with Crippen LogP contribution in [-0.2, 0) is 4.74 Å². The van der Waals surface area contributed by atoms with Crippen LogP contribution in [0.2, 0.25) is 0 Å². The summed E-state index contributed by atoms with van der Waals surface area (Å²) in [5.41, 5.74) is 2.39. The summed E-state index contributed by atoms with van der Waals surface area (Å²) < 4.78 is 28.6. The molecule has 3 heterocycles. The second-order valence-electron chi connectivity index (χ2n) is 7.51. The van der Waals surface area contributed by atoms with Crippen molar-refractivity contribution >= 4 is 0 Å². The zero-order valence-electron chi connectivity index (χ0n) is 16.2. The van der Waals surface area contributed by atoms with E-state index in [9.17, 15) is 0 Å². The van der Waals surface area contributed by atoms with Crippen LogP contribution in [0, 0.1) is 5.92 Å². The molecule has 3 aliphatic rings. The molecule has 0 amide bonds. The number of hydrogen-bond acceptors (Lipinski definition) is 6. The number of ether oxygens (including phenoxy) is 5. The van der Waals surface area contributed by atoms with Gasteiger partial charge in [-0.25, -0.2) is 0 Å². The van der Waals surface area contributed by atoms with E-state index < -0.39 is 0 Å². The lowest BCUT2D eigenvalue weighted by Crippen LogP contribution is -2.52. The maximum atomic E-state index is 6.52. The first-order chi connectivity index (χ1) is 13.7. The largest absolute Gasteiger partial charge is 0.497 e. The number of morpholine rings is 1. The van der Waals surface area contributed by atoms with Crippen LogP contribution in [0.3, 0.4) is 0 Å². The predicted octanol–water partition coefficient (Wildman–Crippen LogP) is 3.24. The normalized spacial score (nSPS) is 26.4. The molecule has 1 fully saturated rings. The molecule has 3 unspecified atom stereocenters. The van der Waals surface area contributed by atoms with E-state index in [2.05, 4.69) is 30.0 Å². The molecule has 0 radical (unpaired) electrons. The second kappa shape index (κ2) is 7.18. The van der Waals surface area contributed by atoms with Crippen molar-refractivity contribution in [2.75, 3.05) is 40.2 Å². The molecule has 3 atom stereocenters. The number of hydrogen-bond donors (Lipinski definition) is 0. The minimum Gasteiger partial charge on any atom is -0.497 e. The Bertz CT molecular complexity index is 847. The van der Waals surface area contributed by atoms with Gasteiger partial charge in [-0.15, -0.1) is 0 Å². The van der Waals surface area contributed by atoms with Crippen LogP contribution in [0.5, 0.6) is 23.0 Å². The number of benzene rings is 2. The molecule has 3 aliphatic heterocycles. The molecule has 0 bridgehead atoms. The molecule has 0 aliphatic carbocycles. The maximum absolute atomic E-state index is 6.52. The Morgan fingerprint density at radius 1 is 0.964 bits per heavy atom. The van der Waals surface area contributed by atoms with Crippen molar-refractivity contribution in [1.82, 2.24) is 4.90 Å². The van der Waals surface area contributed by atoms with Crippen molar-refractivity contribution in [1.29, 1.82) is 0 Å². The highest BCUT2D eigenvalue weighted by Gasteiger charge is 2.41. The predicted molar refractivity (Wildman–Crippen MR) is 103 cm³/mol. The molecule has 0 N–H and O–H groups in total. The standard InChI is InChI=1S/C22H25NO5/c1-14-21(15-3-5-16(24-2)6-4-15)17-11-19-20(27-13-26-19)12-18(17)28-22(14)23-7-9-25-10-8-23/h3-6,11-12,14,21-22H,7-10,13H2,1-2H3. The van der Waals surface area contributed by atoms with Gasteiger partial charge in [0.05, 0.1) is 20.3 Å². The third-order valence-corrected chi connectivity index (χ3v) is 5.94. The van der Waals surface area contributed by atoms with Crippen molar-refractivity contribution < 1.29 is 23.7 Å². The number of nitrogens with zero attached hydrogens (tertiary/aromatic N) is 1. The molecule has 0 spiro atoms. The van der Waals surface area contributed by atoms with Crippen LogP contribution in [0.15, 0.2) is 36.4 Å². The van der Waals surface area contributed by atoms with Gasteiger partial charge in [-0.3, -0.25) is 4.90 Å². The smallest absolute Gasteiger partial charge is 0.231 e. The first-order valence-corrected chi connectivity index (χ1v) is 9.80. The Labute approximate surface area is 164 Å². The molecular formula is C22H25NO5. The van der Waals surface area contributed by atoms with Crippen molar-refractivity contribution in [3.05, 3.63) is 47.5 Å². The quantitative estimate of drug-likeness (QED) is 0.811. The summed E-state index contributed by atoms with van der Waals surface area (Å²) in [6.45, 7) is 5.77. The minimum absolute atomic E-state index is 0.0103. The van der Waals surface area contributed by atoms with Gasteiger partial charge in [-0.05, 0) is 23.8 Å². The highest BCUT2D eigenvalue weighted by atomic mass is 16.7. The summed E-state index contributed by atoms with van der Waals surface area (Å²) in [6, 6.07) is 12.4. The van der Waals surface area contributed by atoms with E-state index in [1.165, 1.54) is 5.56 Å². The van der Waals surface area contributed by atoms with E-state index >= 15 is 0 Å². The highest BCUT2D eigenvalue weighted by Crippen LogP contribution is 2.49. The summed E-state index contributed by atoms with van der Waals surface area (Å²) in [4.78, 5) is 2.39. The lowest BCUT2D eigenvalue weighted by atomic mass is 9.78. The summed E-state index contributed by atoms with van der Waals surface area (Å²) in [6.07, 6.45) is -0.0103. The van der Waals surface area contributed by atoms with E-state index in [0.717, 1.165) is 54.9 Å². The summed E-state index contributed by atoms with van der Waals surface area (Å²) >= 11 is 0. The fourth-order valence-corrected chi connectivity index (χ4v) is 4.50. The van der Waals surface area contributed by atoms with Gasteiger partial charge >= 0.3 is 0 Å². The molecule has 2 aromatic carbocycles. The van der Waals surface area contributed by atoms with Crippen LogP contribution in [0.25, 0.3) is 0 Å². The van der Waals surface area contributed by atoms with Crippen molar-refractivity contribution in [3.8, 4) is 23.0 Å². The van der Waals surface area contributed by atoms with Gasteiger partial charge in [0.25, 0.3) is 0 Å². The van der Waals surface area contributed by atoms with E-state index in [4.69, 9.17) is 23.7 Å². The van der Waals surface area contributed by atoms with E-state index in [1.54, 1.807) is 7.11 Å². The highest BCUT2D eigenvalue weighted by molar-refractivity contribution is 5.56. The van der Waals surface area contributed by atoms with Crippen LogP contribution >= 0.6 is 0 Å². The Hall–Kier alpha value is -2.44. The first kappa shape index (κ1) is 17.6. The third-order valence-electron chi connectivity index (χ3n) is 5.94. The summed E-state index contributed by atoms with van der Waals surface area (Å²) in [5.74, 6) is 3.73. The van der Waals surface area contributed by atoms with Crippen LogP contribution in [-0.4, -0.2) is 51.3 Å². The molecule has 6 nitrogen and oxygen atoms in total. The topological polar surface area (TPSA) is 49.4 Å². The molecule has 6 heteroatoms. The zero-order chi connectivity index (χ0) is 19.1. The van der Waals surface area contributed by atoms with E-state index in [0.29, 0.717) is 0 Å². The van der Waals surface area contributed by atoms with Crippen molar-refractivity contribution in [2.24, 2.45) is 5.92 Å². The molecule has 0 saturated carbocycles. The van der Waals surface area contributed by atoms with Crippen molar-refractivity contribution in [2.45, 2.75) is 19.1 Å². The van der Waals surface area contributed by atoms with Crippen molar-refractivity contribution in [3.63, 3.8) is 0 Å². The fourth-order valence-electron chi connectivity index (χ4n) is 4.50. The number of fused-ring (bicyclic) bond motifs is 2. The van der Waals surface area contributed by atoms with Gasteiger partial charge in [-0.1, -0.05) is 19.1 Å². The third kappa shape index (κ3) is 2.97. The lowest BCUT2D eigenvalue weighted by Gasteiger charge is -2.44. The Morgan fingerprint density at radius 3 is 2.39 bits per heavy atom. The molecule has 1 saturated heterocycles. The Morgan fingerprint density at radius 2 is 1.68 bits per heavy atom. The Balaban J connectivity index is 1.58. The fraction of sp³-hybridized carbons (Fsp3) is 0.455. The van der Waals surface area contributed by atoms with Gasteiger partial charge in [0, 0.05) is 36.6 Å². The van der Waals surface area contributed by atoms with Crippen LogP contribution < -0.4 is 18.9 Å². The zero-order valence-corrected chi connectivity index (χ0v) is 16.2. The molecule has 28 heavy (non-hydrogen) atoms. The SMILES string of the molecule is COc1ccc(C2c3cc4c(cc3OC(N3CCOCC3)C2C)OCO4)cc1. The van der Waals surface area contributed by atoms with Gasteiger partial charge in [0.1, 0.15) is 11.5 Å². The summed E-state index contributed by atoms with van der Waals surface area (Å²) in [5, 5.41) is 0. The molecule has 2 aromatic rings. The Kier molecular flexibility index (Phi) is 4.53. The average Bonchev–Trinajstić information content (AvgIpc) is 3.20. The molecular weight excluding hydrogens is 358 g/mol. The van der Waals surface area contributed by atoms with Gasteiger partial charge in [-0.2, -0.15) is 0 Å². The van der Waals surface area contributed by atoms with Gasteiger partial charge in [0.15, 0.2) is 17.7 Å². The number of rotatable bonds is 3. The molecule has 0 aromatic heterocycles. The monoisotopic (exact) mass is 383 g/mol. The minimum atomic E-state index is -0.0103. The van der Waals surface area contributed by atoms with Gasteiger partial charge < -0.3 is 23.7 Å². The second-order valence-corrected chi connectivity index (χ2v) is 7.51. The van der Waals surface area contributed by atoms with Crippen LogP contribution in [0.4, 0.5) is 0 Å². The van der Waals surface area contributed by atoms with Crippen LogP contribution in [0.1, 0.15) is 24.0 Å². The lowest BCUT2D eigenvalue weighted by molar-refractivity contribution is -0.0784. The van der Waals surface area contributed by atoms with E-state index in [-0.39, 0.29) is 24.9 Å². The van der Waals surface area contributed by atoms with Gasteiger partial charge in [0.2, 0.25) is 6.79 Å². The first-order valence-electron chi connectivity index (χ1n) is 9.80.